The van der Waals surface area contributed by atoms with Crippen molar-refractivity contribution in [2.75, 3.05) is 23.3 Å². The van der Waals surface area contributed by atoms with E-state index in [1.54, 1.807) is 18.2 Å². The summed E-state index contributed by atoms with van der Waals surface area (Å²) in [6.45, 7) is 2.26. The third-order valence-corrected chi connectivity index (χ3v) is 7.58. The van der Waals surface area contributed by atoms with Crippen LogP contribution in [0.1, 0.15) is 27.9 Å². The Morgan fingerprint density at radius 2 is 1.88 bits per heavy atom. The lowest BCUT2D eigenvalue weighted by Gasteiger charge is -2.31. The molecule has 3 aromatic rings. The molecule has 0 spiro atoms. The molecule has 0 saturated heterocycles. The van der Waals surface area contributed by atoms with Gasteiger partial charge in [0.1, 0.15) is 10.6 Å². The van der Waals surface area contributed by atoms with Gasteiger partial charge in [-0.05, 0) is 67.3 Å². The van der Waals surface area contributed by atoms with E-state index in [0.717, 1.165) is 17.5 Å². The first kappa shape index (κ1) is 22.2. The van der Waals surface area contributed by atoms with Crippen LogP contribution in [0.25, 0.3) is 0 Å². The summed E-state index contributed by atoms with van der Waals surface area (Å²) in [7, 11) is -2.55. The molecule has 6 nitrogen and oxygen atoms in total. The minimum absolute atomic E-state index is 0.0562. The van der Waals surface area contributed by atoms with Gasteiger partial charge in [-0.1, -0.05) is 35.9 Å². The molecular formula is C24H23ClN2O4S. The number of hydrogen-bond acceptors (Lipinski definition) is 4. The summed E-state index contributed by atoms with van der Waals surface area (Å²) in [6, 6.07) is 17.1. The average molecular weight is 471 g/mol. The number of benzene rings is 3. The lowest BCUT2D eigenvalue weighted by atomic mass is 10.0. The van der Waals surface area contributed by atoms with Crippen molar-refractivity contribution in [3.63, 3.8) is 0 Å². The molecule has 0 unspecified atom stereocenters. The Morgan fingerprint density at radius 1 is 1.09 bits per heavy atom. The minimum atomic E-state index is -3.96. The molecule has 166 valence electrons. The summed E-state index contributed by atoms with van der Waals surface area (Å²) in [5, 5.41) is 3.15. The third-order valence-electron chi connectivity index (χ3n) is 5.43. The highest BCUT2D eigenvalue weighted by Gasteiger charge is 2.32. The Morgan fingerprint density at radius 3 is 2.62 bits per heavy atom. The number of nitrogens with one attached hydrogen (secondary N) is 1. The number of carbonyl (C=O) groups is 1. The number of sulfonamides is 1. The van der Waals surface area contributed by atoms with Crippen LogP contribution in [-0.4, -0.2) is 28.0 Å². The summed E-state index contributed by atoms with van der Waals surface area (Å²) in [5.74, 6) is -0.285. The van der Waals surface area contributed by atoms with Gasteiger partial charge in [0.2, 0.25) is 0 Å². The van der Waals surface area contributed by atoms with Crippen molar-refractivity contribution in [2.45, 2.75) is 24.7 Å². The van der Waals surface area contributed by atoms with Crippen LogP contribution in [-0.2, 0) is 16.4 Å². The summed E-state index contributed by atoms with van der Waals surface area (Å²) in [5.41, 5.74) is 3.23. The van der Waals surface area contributed by atoms with Gasteiger partial charge in [0.15, 0.2) is 0 Å². The fraction of sp³-hybridized carbons (Fsp3) is 0.208. The number of anilines is 2. The third kappa shape index (κ3) is 4.18. The largest absolute Gasteiger partial charge is 0.495 e. The second-order valence-electron chi connectivity index (χ2n) is 7.61. The molecule has 3 aromatic carbocycles. The first-order valence-corrected chi connectivity index (χ1v) is 12.0. The monoisotopic (exact) mass is 470 g/mol. The van der Waals surface area contributed by atoms with E-state index in [9.17, 15) is 13.2 Å². The minimum Gasteiger partial charge on any atom is -0.495 e. The number of hydrogen-bond donors (Lipinski definition) is 1. The van der Waals surface area contributed by atoms with Crippen LogP contribution in [0.3, 0.4) is 0 Å². The number of aryl methyl sites for hydroxylation is 2. The molecule has 0 atom stereocenters. The smallest absolute Gasteiger partial charge is 0.268 e. The van der Waals surface area contributed by atoms with E-state index in [1.807, 2.05) is 31.2 Å². The number of para-hydroxylation sites is 1. The number of halogens is 1. The van der Waals surface area contributed by atoms with Gasteiger partial charge < -0.3 is 10.1 Å². The maximum Gasteiger partial charge on any atom is 0.268 e. The van der Waals surface area contributed by atoms with E-state index >= 15 is 0 Å². The molecule has 1 heterocycles. The highest BCUT2D eigenvalue weighted by Crippen LogP contribution is 2.35. The van der Waals surface area contributed by atoms with Crippen molar-refractivity contribution in [3.05, 3.63) is 82.4 Å². The normalized spacial score (nSPS) is 13.4. The van der Waals surface area contributed by atoms with E-state index in [2.05, 4.69) is 5.32 Å². The van der Waals surface area contributed by atoms with Crippen LogP contribution >= 0.6 is 11.6 Å². The first-order chi connectivity index (χ1) is 15.3. The number of methoxy groups -OCH3 is 1. The zero-order valence-electron chi connectivity index (χ0n) is 17.8. The molecule has 0 radical (unpaired) electrons. The van der Waals surface area contributed by atoms with Gasteiger partial charge in [-0.3, -0.25) is 9.10 Å². The number of ether oxygens (including phenoxy) is 1. The highest BCUT2D eigenvalue weighted by molar-refractivity contribution is 7.93. The fourth-order valence-corrected chi connectivity index (χ4v) is 5.81. The van der Waals surface area contributed by atoms with Crippen molar-refractivity contribution in [3.8, 4) is 5.75 Å². The van der Waals surface area contributed by atoms with Crippen LogP contribution in [0.2, 0.25) is 5.02 Å². The number of carbonyl (C=O) groups excluding carboxylic acids is 1. The van der Waals surface area contributed by atoms with Crippen molar-refractivity contribution in [2.24, 2.45) is 0 Å². The van der Waals surface area contributed by atoms with Gasteiger partial charge in [0.25, 0.3) is 15.9 Å². The highest BCUT2D eigenvalue weighted by atomic mass is 35.5. The molecule has 1 N–H and O–H groups in total. The van der Waals surface area contributed by atoms with Crippen molar-refractivity contribution < 1.29 is 17.9 Å². The van der Waals surface area contributed by atoms with E-state index in [-0.39, 0.29) is 16.2 Å². The molecule has 1 aliphatic rings. The lowest BCUT2D eigenvalue weighted by molar-refractivity contribution is 0.102. The molecule has 0 saturated carbocycles. The molecule has 8 heteroatoms. The quantitative estimate of drug-likeness (QED) is 0.566. The van der Waals surface area contributed by atoms with Gasteiger partial charge in [0, 0.05) is 12.1 Å². The van der Waals surface area contributed by atoms with Gasteiger partial charge in [-0.15, -0.1) is 0 Å². The zero-order valence-corrected chi connectivity index (χ0v) is 19.3. The van der Waals surface area contributed by atoms with Gasteiger partial charge in [0.05, 0.1) is 23.5 Å². The SMILES string of the molecule is COc1ccc(C(=O)Nc2ccc(C)cc2Cl)cc1S(=O)(=O)N1CCCc2ccccc21. The van der Waals surface area contributed by atoms with Crippen LogP contribution in [0.5, 0.6) is 5.75 Å². The second-order valence-corrected chi connectivity index (χ2v) is 9.85. The van der Waals surface area contributed by atoms with Crippen molar-refractivity contribution in [1.82, 2.24) is 0 Å². The summed E-state index contributed by atoms with van der Waals surface area (Å²) in [6.07, 6.45) is 1.53. The lowest BCUT2D eigenvalue weighted by Crippen LogP contribution is -2.35. The number of amides is 1. The first-order valence-electron chi connectivity index (χ1n) is 10.2. The Kier molecular flexibility index (Phi) is 6.13. The Labute approximate surface area is 192 Å². The maximum atomic E-state index is 13.6. The average Bonchev–Trinajstić information content (AvgIpc) is 2.80. The van der Waals surface area contributed by atoms with Gasteiger partial charge in [-0.2, -0.15) is 0 Å². The molecule has 0 bridgehead atoms. The zero-order chi connectivity index (χ0) is 22.9. The predicted molar refractivity (Wildman–Crippen MR) is 126 cm³/mol. The Hall–Kier alpha value is -3.03. The summed E-state index contributed by atoms with van der Waals surface area (Å²) < 4.78 is 34.0. The van der Waals surface area contributed by atoms with E-state index in [4.69, 9.17) is 16.3 Å². The van der Waals surface area contributed by atoms with E-state index in [1.165, 1.54) is 29.6 Å². The molecular weight excluding hydrogens is 448 g/mol. The predicted octanol–water partition coefficient (Wildman–Crippen LogP) is 5.05. The number of nitrogens with zero attached hydrogens (tertiary/aromatic N) is 1. The fourth-order valence-electron chi connectivity index (χ4n) is 3.80. The summed E-state index contributed by atoms with van der Waals surface area (Å²) in [4.78, 5) is 12.8. The summed E-state index contributed by atoms with van der Waals surface area (Å²) >= 11 is 6.22. The molecule has 0 aromatic heterocycles. The second kappa shape index (κ2) is 8.84. The van der Waals surface area contributed by atoms with Crippen molar-refractivity contribution in [1.29, 1.82) is 0 Å². The topological polar surface area (TPSA) is 75.7 Å². The maximum absolute atomic E-state index is 13.6. The molecule has 1 amide bonds. The Bertz CT molecular complexity index is 1290. The molecule has 0 aliphatic carbocycles. The van der Waals surface area contributed by atoms with Crippen LogP contribution < -0.4 is 14.4 Å². The number of fused-ring (bicyclic) bond motifs is 1. The van der Waals surface area contributed by atoms with Gasteiger partial charge in [-0.25, -0.2) is 8.42 Å². The molecule has 32 heavy (non-hydrogen) atoms. The molecule has 1 aliphatic heterocycles. The Balaban J connectivity index is 1.72. The molecule has 0 fully saturated rings. The number of rotatable bonds is 5. The molecule has 4 rings (SSSR count). The van der Waals surface area contributed by atoms with Crippen LogP contribution in [0.15, 0.2) is 65.6 Å². The van der Waals surface area contributed by atoms with Crippen LogP contribution in [0, 0.1) is 6.92 Å². The van der Waals surface area contributed by atoms with E-state index < -0.39 is 15.9 Å². The standard InChI is InChI=1S/C24H23ClN2O4S/c1-16-9-11-20(19(25)14-16)26-24(28)18-10-12-22(31-2)23(15-18)32(29,30)27-13-5-7-17-6-3-4-8-21(17)27/h3-4,6,8-12,14-15H,5,7,13H2,1-2H3,(H,26,28). The van der Waals surface area contributed by atoms with Crippen LogP contribution in [0.4, 0.5) is 11.4 Å². The van der Waals surface area contributed by atoms with Gasteiger partial charge >= 0.3 is 0 Å². The van der Waals surface area contributed by atoms with Crippen molar-refractivity contribution >= 4 is 38.9 Å². The van der Waals surface area contributed by atoms with E-state index in [0.29, 0.717) is 29.4 Å².